The Morgan fingerprint density at radius 1 is 1.29 bits per heavy atom. The highest BCUT2D eigenvalue weighted by molar-refractivity contribution is 5.69. The largest absolute Gasteiger partial charge is 0.458 e. The van der Waals surface area contributed by atoms with Crippen LogP contribution >= 0.6 is 0 Å². The van der Waals surface area contributed by atoms with Crippen molar-refractivity contribution in [1.82, 2.24) is 0 Å². The third-order valence-corrected chi connectivity index (χ3v) is 8.89. The lowest BCUT2D eigenvalue weighted by atomic mass is 9.48. The van der Waals surface area contributed by atoms with Crippen LogP contribution in [0.1, 0.15) is 79.1 Å². The number of hydrogen-bond donors (Lipinski definition) is 1. The second kappa shape index (κ2) is 7.31. The zero-order valence-electron chi connectivity index (χ0n) is 18.1. The van der Waals surface area contributed by atoms with Crippen LogP contribution in [0.5, 0.6) is 0 Å². The first-order chi connectivity index (χ1) is 13.3. The first-order valence-electron chi connectivity index (χ1n) is 11.6. The molecule has 0 radical (unpaired) electrons. The van der Waals surface area contributed by atoms with Crippen LogP contribution in [-0.2, 0) is 9.53 Å². The molecule has 0 aromatic heterocycles. The van der Waals surface area contributed by atoms with E-state index in [0.717, 1.165) is 44.9 Å². The zero-order valence-corrected chi connectivity index (χ0v) is 18.1. The number of carbonyl (C=O) groups excluding carboxylic acids is 1. The second-order valence-electron chi connectivity index (χ2n) is 10.3. The summed E-state index contributed by atoms with van der Waals surface area (Å²) in [5.74, 6) is 3.00. The third-order valence-electron chi connectivity index (χ3n) is 8.89. The second-order valence-corrected chi connectivity index (χ2v) is 10.3. The van der Waals surface area contributed by atoms with Gasteiger partial charge in [-0.25, -0.2) is 0 Å². The van der Waals surface area contributed by atoms with E-state index in [9.17, 15) is 9.90 Å². The fraction of sp³-hybridized carbons (Fsp3) is 0.800. The van der Waals surface area contributed by atoms with E-state index in [1.807, 2.05) is 6.92 Å². The molecule has 0 aromatic rings. The van der Waals surface area contributed by atoms with Gasteiger partial charge in [-0.05, 0) is 93.1 Å². The number of esters is 1. The Morgan fingerprint density at radius 3 is 2.79 bits per heavy atom. The normalized spacial score (nSPS) is 47.0. The molecule has 2 fully saturated rings. The summed E-state index contributed by atoms with van der Waals surface area (Å²) in [6, 6.07) is 0. The smallest absolute Gasteiger partial charge is 0.306 e. The number of rotatable bonds is 4. The molecule has 0 bridgehead atoms. The monoisotopic (exact) mass is 386 g/mol. The summed E-state index contributed by atoms with van der Waals surface area (Å²) in [5, 5.41) is 11.3. The maximum atomic E-state index is 11.9. The molecule has 2 saturated carbocycles. The van der Waals surface area contributed by atoms with Crippen LogP contribution in [0.25, 0.3) is 0 Å². The zero-order chi connectivity index (χ0) is 20.1. The van der Waals surface area contributed by atoms with Gasteiger partial charge in [-0.3, -0.25) is 4.79 Å². The number of allylic oxidation sites excluding steroid dienone is 3. The van der Waals surface area contributed by atoms with Gasteiger partial charge in [0.25, 0.3) is 0 Å². The van der Waals surface area contributed by atoms with Gasteiger partial charge >= 0.3 is 5.97 Å². The van der Waals surface area contributed by atoms with E-state index in [1.54, 1.807) is 0 Å². The molecule has 7 unspecified atom stereocenters. The highest BCUT2D eigenvalue weighted by Crippen LogP contribution is 2.66. The van der Waals surface area contributed by atoms with Gasteiger partial charge < -0.3 is 9.84 Å². The van der Waals surface area contributed by atoms with E-state index < -0.39 is 5.60 Å². The van der Waals surface area contributed by atoms with Gasteiger partial charge in [0.1, 0.15) is 6.10 Å². The summed E-state index contributed by atoms with van der Waals surface area (Å²) in [4.78, 5) is 11.9. The van der Waals surface area contributed by atoms with E-state index in [2.05, 4.69) is 39.0 Å². The first kappa shape index (κ1) is 20.2. The first-order valence-corrected chi connectivity index (χ1v) is 11.6. The Hall–Kier alpha value is -1.09. The summed E-state index contributed by atoms with van der Waals surface area (Å²) in [6.45, 7) is 8.82. The average Bonchev–Trinajstić information content (AvgIpc) is 2.92. The SMILES string of the molecule is CCCC(=O)OC1C=C2C=CC3C(C(C)CC4(CC)C3CC[C@]4(C)O)C2CC1. The van der Waals surface area contributed by atoms with Crippen molar-refractivity contribution in [2.75, 3.05) is 0 Å². The fourth-order valence-electron chi connectivity index (χ4n) is 7.64. The lowest BCUT2D eigenvalue weighted by molar-refractivity contribution is -0.148. The number of fused-ring (bicyclic) bond motifs is 5. The van der Waals surface area contributed by atoms with Crippen molar-refractivity contribution in [3.05, 3.63) is 23.8 Å². The molecular formula is C25H38O3. The highest BCUT2D eigenvalue weighted by Gasteiger charge is 2.63. The van der Waals surface area contributed by atoms with E-state index in [-0.39, 0.29) is 17.5 Å². The summed E-state index contributed by atoms with van der Waals surface area (Å²) in [7, 11) is 0. The molecule has 0 saturated heterocycles. The Balaban J connectivity index is 1.60. The topological polar surface area (TPSA) is 46.5 Å². The predicted octanol–water partition coefficient (Wildman–Crippen LogP) is 5.43. The molecule has 1 N–H and O–H groups in total. The number of carbonyl (C=O) groups is 1. The van der Waals surface area contributed by atoms with Gasteiger partial charge in [-0.1, -0.05) is 32.9 Å². The van der Waals surface area contributed by atoms with Crippen LogP contribution in [0.3, 0.4) is 0 Å². The maximum absolute atomic E-state index is 11.9. The fourth-order valence-corrected chi connectivity index (χ4v) is 7.64. The number of aliphatic hydroxyl groups is 1. The molecule has 4 rings (SSSR count). The van der Waals surface area contributed by atoms with Gasteiger partial charge in [0.2, 0.25) is 0 Å². The van der Waals surface area contributed by atoms with Crippen molar-refractivity contribution in [2.24, 2.45) is 35.0 Å². The third kappa shape index (κ3) is 3.00. The van der Waals surface area contributed by atoms with Crippen LogP contribution in [-0.4, -0.2) is 22.8 Å². The van der Waals surface area contributed by atoms with Gasteiger partial charge in [-0.15, -0.1) is 0 Å². The summed E-state index contributed by atoms with van der Waals surface area (Å²) in [6.07, 6.45) is 14.7. The highest BCUT2D eigenvalue weighted by atomic mass is 16.5. The molecule has 0 aliphatic heterocycles. The molecule has 28 heavy (non-hydrogen) atoms. The summed E-state index contributed by atoms with van der Waals surface area (Å²) < 4.78 is 5.69. The van der Waals surface area contributed by atoms with Crippen LogP contribution < -0.4 is 0 Å². The van der Waals surface area contributed by atoms with E-state index >= 15 is 0 Å². The van der Waals surface area contributed by atoms with Crippen LogP contribution in [0.2, 0.25) is 0 Å². The molecular weight excluding hydrogens is 348 g/mol. The van der Waals surface area contributed by atoms with Crippen molar-refractivity contribution in [3.63, 3.8) is 0 Å². The Labute approximate surface area is 170 Å². The van der Waals surface area contributed by atoms with Crippen molar-refractivity contribution in [3.8, 4) is 0 Å². The number of ether oxygens (including phenoxy) is 1. The molecule has 4 aliphatic rings. The summed E-state index contributed by atoms with van der Waals surface area (Å²) in [5.41, 5.74) is 0.939. The van der Waals surface area contributed by atoms with Crippen LogP contribution in [0, 0.1) is 35.0 Å². The van der Waals surface area contributed by atoms with Crippen molar-refractivity contribution >= 4 is 5.97 Å². The molecule has 0 heterocycles. The van der Waals surface area contributed by atoms with E-state index in [0.29, 0.717) is 36.0 Å². The van der Waals surface area contributed by atoms with Crippen LogP contribution in [0.4, 0.5) is 0 Å². The van der Waals surface area contributed by atoms with Gasteiger partial charge in [0, 0.05) is 11.8 Å². The minimum Gasteiger partial charge on any atom is -0.458 e. The minimum atomic E-state index is -0.527. The van der Waals surface area contributed by atoms with Crippen molar-refractivity contribution in [1.29, 1.82) is 0 Å². The molecule has 8 atom stereocenters. The lowest BCUT2D eigenvalue weighted by Crippen LogP contribution is -2.54. The molecule has 3 nitrogen and oxygen atoms in total. The van der Waals surface area contributed by atoms with Crippen molar-refractivity contribution < 1.29 is 14.6 Å². The average molecular weight is 387 g/mol. The lowest BCUT2D eigenvalue weighted by Gasteiger charge is -2.57. The Bertz CT molecular complexity index is 675. The summed E-state index contributed by atoms with van der Waals surface area (Å²) >= 11 is 0. The minimum absolute atomic E-state index is 0.0488. The maximum Gasteiger partial charge on any atom is 0.306 e. The molecule has 4 aliphatic carbocycles. The molecule has 0 aromatic carbocycles. The quantitative estimate of drug-likeness (QED) is 0.655. The Kier molecular flexibility index (Phi) is 5.27. The molecule has 156 valence electrons. The molecule has 0 spiro atoms. The molecule has 3 heteroatoms. The number of hydrogen-bond acceptors (Lipinski definition) is 3. The van der Waals surface area contributed by atoms with E-state index in [4.69, 9.17) is 4.74 Å². The van der Waals surface area contributed by atoms with Crippen molar-refractivity contribution in [2.45, 2.75) is 90.8 Å². The van der Waals surface area contributed by atoms with Gasteiger partial charge in [0.15, 0.2) is 0 Å². The molecule has 0 amide bonds. The van der Waals surface area contributed by atoms with Gasteiger partial charge in [-0.2, -0.15) is 0 Å². The predicted molar refractivity (Wildman–Crippen MR) is 112 cm³/mol. The van der Waals surface area contributed by atoms with E-state index in [1.165, 1.54) is 5.57 Å². The van der Waals surface area contributed by atoms with Gasteiger partial charge in [0.05, 0.1) is 5.60 Å². The standard InChI is InChI=1S/C25H38O3/c1-5-7-22(26)28-18-9-11-19-17(14-18)8-10-20-21-12-13-24(4,27)25(21,6-2)15-16(3)23(19)20/h8,10,14,16,18-21,23,27H,5-7,9,11-13,15H2,1-4H3/t16?,18?,19?,20?,21?,23?,24-,25?/m0/s1. The Morgan fingerprint density at radius 2 is 2.07 bits per heavy atom. The van der Waals surface area contributed by atoms with Crippen LogP contribution in [0.15, 0.2) is 23.8 Å².